The molecule has 4 rings (SSSR count). The Morgan fingerprint density at radius 2 is 1.93 bits per heavy atom. The molecule has 2 saturated heterocycles. The number of carbonyl (C=O) groups is 2. The summed E-state index contributed by atoms with van der Waals surface area (Å²) in [7, 11) is 0. The molecule has 154 valence electrons. The summed E-state index contributed by atoms with van der Waals surface area (Å²) >= 11 is 1.74. The molecule has 2 amide bonds. The Hall–Kier alpha value is -2.25. The molecule has 6 nitrogen and oxygen atoms in total. The second kappa shape index (κ2) is 8.24. The van der Waals surface area contributed by atoms with E-state index in [0.717, 1.165) is 17.7 Å². The predicted octanol–water partition coefficient (Wildman–Crippen LogP) is 3.36. The highest BCUT2D eigenvalue weighted by atomic mass is 32.2. The molecule has 1 unspecified atom stereocenters. The Kier molecular flexibility index (Phi) is 5.69. The van der Waals surface area contributed by atoms with E-state index < -0.39 is 11.8 Å². The number of hydrogen-bond acceptors (Lipinski definition) is 4. The third-order valence-corrected chi connectivity index (χ3v) is 6.79. The summed E-state index contributed by atoms with van der Waals surface area (Å²) in [6.07, 6.45) is 3.19. The van der Waals surface area contributed by atoms with Crippen molar-refractivity contribution in [3.8, 4) is 0 Å². The predicted molar refractivity (Wildman–Crippen MR) is 116 cm³/mol. The lowest BCUT2D eigenvalue weighted by Gasteiger charge is -2.44. The van der Waals surface area contributed by atoms with Gasteiger partial charge in [-0.3, -0.25) is 10.1 Å². The van der Waals surface area contributed by atoms with Gasteiger partial charge in [0.15, 0.2) is 0 Å². The minimum atomic E-state index is -0.885. The van der Waals surface area contributed by atoms with Crippen LogP contribution in [0.25, 0.3) is 10.8 Å². The zero-order valence-electron chi connectivity index (χ0n) is 16.6. The first-order valence-corrected chi connectivity index (χ1v) is 11.5. The Bertz CT molecular complexity index is 911. The lowest BCUT2D eigenvalue weighted by Crippen LogP contribution is -2.59. The smallest absolute Gasteiger partial charge is 0.407 e. The highest BCUT2D eigenvalue weighted by molar-refractivity contribution is 7.98. The van der Waals surface area contributed by atoms with Crippen molar-refractivity contribution in [2.75, 3.05) is 25.1 Å². The first kappa shape index (κ1) is 20.0. The van der Waals surface area contributed by atoms with Gasteiger partial charge in [0.2, 0.25) is 5.91 Å². The van der Waals surface area contributed by atoms with Gasteiger partial charge in [-0.15, -0.1) is 0 Å². The van der Waals surface area contributed by atoms with Gasteiger partial charge in [-0.05, 0) is 40.8 Å². The van der Waals surface area contributed by atoms with E-state index in [1.807, 2.05) is 23.3 Å². The molecule has 29 heavy (non-hydrogen) atoms. The monoisotopic (exact) mass is 413 g/mol. The molecular weight excluding hydrogens is 386 g/mol. The number of carboxylic acid groups (broad SMARTS) is 1. The number of likely N-dealkylation sites (tertiary alicyclic amines) is 1. The zero-order chi connectivity index (χ0) is 20.4. The van der Waals surface area contributed by atoms with E-state index in [9.17, 15) is 14.7 Å². The average molecular weight is 414 g/mol. The largest absolute Gasteiger partial charge is 0.465 e. The summed E-state index contributed by atoms with van der Waals surface area (Å²) in [5.74, 6) is 1.06. The lowest BCUT2D eigenvalue weighted by atomic mass is 9.95. The Labute approximate surface area is 175 Å². The molecule has 2 aliphatic heterocycles. The fraction of sp³-hybridized carbons (Fsp3) is 0.455. The molecule has 2 N–H and O–H groups in total. The maximum atomic E-state index is 13.3. The van der Waals surface area contributed by atoms with E-state index in [1.165, 1.54) is 15.7 Å². The molecule has 1 atom stereocenters. The number of hydrogen-bond donors (Lipinski definition) is 2. The molecule has 1 spiro atoms. The third kappa shape index (κ3) is 3.94. The van der Waals surface area contributed by atoms with Crippen LogP contribution < -0.4 is 5.32 Å². The van der Waals surface area contributed by atoms with Crippen LogP contribution in [0.2, 0.25) is 0 Å². The van der Waals surface area contributed by atoms with Crippen LogP contribution in [0.1, 0.15) is 24.8 Å². The van der Waals surface area contributed by atoms with Crippen molar-refractivity contribution >= 4 is 34.5 Å². The van der Waals surface area contributed by atoms with Crippen LogP contribution in [0.3, 0.4) is 0 Å². The van der Waals surface area contributed by atoms with Gasteiger partial charge in [-0.1, -0.05) is 36.4 Å². The van der Waals surface area contributed by atoms with Crippen LogP contribution in [-0.2, 0) is 11.3 Å². The van der Waals surface area contributed by atoms with Crippen LogP contribution in [0.15, 0.2) is 42.5 Å². The molecule has 2 aliphatic rings. The Balaban J connectivity index is 1.59. The number of piperidine rings is 1. The maximum absolute atomic E-state index is 13.3. The van der Waals surface area contributed by atoms with Gasteiger partial charge in [0.25, 0.3) is 0 Å². The van der Waals surface area contributed by atoms with E-state index in [1.54, 1.807) is 11.8 Å². The van der Waals surface area contributed by atoms with Crippen molar-refractivity contribution in [1.82, 2.24) is 15.1 Å². The Morgan fingerprint density at radius 1 is 1.21 bits per heavy atom. The van der Waals surface area contributed by atoms with Crippen molar-refractivity contribution in [1.29, 1.82) is 0 Å². The number of benzene rings is 2. The van der Waals surface area contributed by atoms with Crippen LogP contribution in [-0.4, -0.2) is 63.7 Å². The second-order valence-corrected chi connectivity index (χ2v) is 8.87. The fourth-order valence-electron chi connectivity index (χ4n) is 4.53. The Morgan fingerprint density at radius 3 is 2.62 bits per heavy atom. The van der Waals surface area contributed by atoms with Gasteiger partial charge in [0.05, 0.1) is 11.7 Å². The van der Waals surface area contributed by atoms with Crippen molar-refractivity contribution in [3.63, 3.8) is 0 Å². The molecule has 0 bridgehead atoms. The molecule has 7 heteroatoms. The summed E-state index contributed by atoms with van der Waals surface area (Å²) in [5, 5.41) is 15.3. The van der Waals surface area contributed by atoms with Crippen molar-refractivity contribution in [2.45, 2.75) is 37.5 Å². The quantitative estimate of drug-likeness (QED) is 0.786. The van der Waals surface area contributed by atoms with Gasteiger partial charge < -0.3 is 14.9 Å². The molecule has 2 heterocycles. The van der Waals surface area contributed by atoms with Gasteiger partial charge in [0, 0.05) is 32.5 Å². The molecule has 0 saturated carbocycles. The van der Waals surface area contributed by atoms with Gasteiger partial charge in [0.1, 0.15) is 0 Å². The summed E-state index contributed by atoms with van der Waals surface area (Å²) < 4.78 is 0. The normalized spacial score (nSPS) is 21.3. The van der Waals surface area contributed by atoms with Gasteiger partial charge in [-0.25, -0.2) is 4.79 Å². The van der Waals surface area contributed by atoms with Gasteiger partial charge in [-0.2, -0.15) is 11.8 Å². The van der Waals surface area contributed by atoms with Crippen LogP contribution >= 0.6 is 11.8 Å². The van der Waals surface area contributed by atoms with E-state index in [2.05, 4.69) is 35.6 Å². The second-order valence-electron chi connectivity index (χ2n) is 7.89. The minimum absolute atomic E-state index is 0.135. The molecular formula is C22H27N3O3S. The minimum Gasteiger partial charge on any atom is -0.465 e. The van der Waals surface area contributed by atoms with Crippen LogP contribution in [0, 0.1) is 0 Å². The summed E-state index contributed by atoms with van der Waals surface area (Å²) in [6.45, 7) is 1.43. The number of rotatable bonds is 5. The van der Waals surface area contributed by atoms with Crippen LogP contribution in [0.5, 0.6) is 0 Å². The number of carbonyl (C=O) groups excluding carboxylic acids is 1. The number of nitrogens with one attached hydrogen (secondary N) is 1. The van der Waals surface area contributed by atoms with E-state index in [-0.39, 0.29) is 11.9 Å². The maximum Gasteiger partial charge on any atom is 0.407 e. The highest BCUT2D eigenvalue weighted by Gasteiger charge is 2.51. The number of amides is 2. The van der Waals surface area contributed by atoms with Crippen molar-refractivity contribution in [2.24, 2.45) is 0 Å². The molecule has 2 aromatic carbocycles. The topological polar surface area (TPSA) is 72.9 Å². The summed E-state index contributed by atoms with van der Waals surface area (Å²) in [4.78, 5) is 28.1. The fourth-order valence-corrected chi connectivity index (χ4v) is 5.00. The number of thioether (sulfide) groups is 1. The van der Waals surface area contributed by atoms with Crippen molar-refractivity contribution in [3.05, 3.63) is 48.0 Å². The highest BCUT2D eigenvalue weighted by Crippen LogP contribution is 2.35. The average Bonchev–Trinajstić information content (AvgIpc) is 2.98. The third-order valence-electron chi connectivity index (χ3n) is 6.15. The molecule has 0 radical (unpaired) electrons. The standard InChI is InChI=1S/C22H27N3O3S/c1-29-13-8-19-20(26)25(22(23-19)9-11-24(12-10-22)21(27)28)15-16-6-7-17-4-2-3-5-18(17)14-16/h2-7,14,19,23H,8-13,15H2,1H3,(H,27,28). The SMILES string of the molecule is CSCCC1NC2(CCN(C(=O)O)CC2)N(Cc2ccc3ccccc3c2)C1=O. The van der Waals surface area contributed by atoms with E-state index in [4.69, 9.17) is 0 Å². The molecule has 2 aromatic rings. The molecule has 2 fully saturated rings. The number of nitrogens with zero attached hydrogens (tertiary/aromatic N) is 2. The zero-order valence-corrected chi connectivity index (χ0v) is 17.5. The molecule has 0 aromatic heterocycles. The first-order valence-electron chi connectivity index (χ1n) is 10.1. The summed E-state index contributed by atoms with van der Waals surface area (Å²) in [6, 6.07) is 14.4. The first-order chi connectivity index (χ1) is 14.0. The van der Waals surface area contributed by atoms with E-state index >= 15 is 0 Å². The van der Waals surface area contributed by atoms with Crippen LogP contribution in [0.4, 0.5) is 4.79 Å². The van der Waals surface area contributed by atoms with E-state index in [0.29, 0.717) is 32.5 Å². The lowest BCUT2D eigenvalue weighted by molar-refractivity contribution is -0.134. The van der Waals surface area contributed by atoms with Crippen molar-refractivity contribution < 1.29 is 14.7 Å². The molecule has 0 aliphatic carbocycles. The number of fused-ring (bicyclic) bond motifs is 1. The van der Waals surface area contributed by atoms with Gasteiger partial charge >= 0.3 is 6.09 Å². The summed E-state index contributed by atoms with van der Waals surface area (Å²) in [5.41, 5.74) is 0.641.